The predicted molar refractivity (Wildman–Crippen MR) is 54.5 cm³/mol. The fourth-order valence-electron chi connectivity index (χ4n) is 1.28. The van der Waals surface area contributed by atoms with Gasteiger partial charge in [0.2, 0.25) is 0 Å². The van der Waals surface area contributed by atoms with E-state index in [1.54, 1.807) is 0 Å². The second-order valence-corrected chi connectivity index (χ2v) is 5.23. The zero-order valence-corrected chi connectivity index (χ0v) is 9.30. The first-order chi connectivity index (χ1) is 7.34. The molecule has 0 aliphatic carbocycles. The van der Waals surface area contributed by atoms with Crippen LogP contribution in [0.2, 0.25) is 0 Å². The van der Waals surface area contributed by atoms with Crippen LogP contribution in [-0.2, 0) is 9.84 Å². The molecule has 1 aromatic carbocycles. The van der Waals surface area contributed by atoms with Crippen molar-refractivity contribution in [2.24, 2.45) is 0 Å². The molecule has 0 aromatic heterocycles. The summed E-state index contributed by atoms with van der Waals surface area (Å²) in [6, 6.07) is 5.35. The van der Waals surface area contributed by atoms with Gasteiger partial charge in [-0.2, -0.15) is 0 Å². The molecule has 0 saturated heterocycles. The number of carbonyl (C=O) groups is 1. The number of halogens is 2. The summed E-state index contributed by atoms with van der Waals surface area (Å²) in [6.45, 7) is 1.19. The van der Waals surface area contributed by atoms with Crippen LogP contribution in [0.25, 0.3) is 0 Å². The summed E-state index contributed by atoms with van der Waals surface area (Å²) in [4.78, 5) is 10.8. The van der Waals surface area contributed by atoms with Crippen molar-refractivity contribution in [2.75, 3.05) is 5.75 Å². The number of hydrogen-bond acceptors (Lipinski definition) is 3. The molecule has 0 saturated carbocycles. The SMILES string of the molecule is CC(=O)c1ccccc1S(=O)(=O)CC(F)F. The maximum Gasteiger partial charge on any atom is 0.252 e. The van der Waals surface area contributed by atoms with E-state index in [1.165, 1.54) is 25.1 Å². The van der Waals surface area contributed by atoms with Crippen molar-refractivity contribution in [3.63, 3.8) is 0 Å². The lowest BCUT2D eigenvalue weighted by atomic mass is 10.1. The summed E-state index contributed by atoms with van der Waals surface area (Å²) >= 11 is 0. The lowest BCUT2D eigenvalue weighted by molar-refractivity contribution is 0.101. The zero-order valence-electron chi connectivity index (χ0n) is 8.48. The minimum atomic E-state index is -4.11. The largest absolute Gasteiger partial charge is 0.294 e. The van der Waals surface area contributed by atoms with E-state index in [0.717, 1.165) is 6.07 Å². The van der Waals surface area contributed by atoms with Crippen LogP contribution in [0, 0.1) is 0 Å². The highest BCUT2D eigenvalue weighted by atomic mass is 32.2. The molecular formula is C10H10F2O3S. The van der Waals surface area contributed by atoms with Crippen molar-refractivity contribution in [1.82, 2.24) is 0 Å². The maximum absolute atomic E-state index is 12.1. The van der Waals surface area contributed by atoms with Gasteiger partial charge in [0.1, 0.15) is 5.75 Å². The zero-order chi connectivity index (χ0) is 12.3. The minimum Gasteiger partial charge on any atom is -0.294 e. The van der Waals surface area contributed by atoms with Gasteiger partial charge in [0.05, 0.1) is 4.90 Å². The van der Waals surface area contributed by atoms with E-state index in [4.69, 9.17) is 0 Å². The third-order valence-electron chi connectivity index (χ3n) is 1.95. The van der Waals surface area contributed by atoms with Crippen molar-refractivity contribution < 1.29 is 22.0 Å². The fraction of sp³-hybridized carbons (Fsp3) is 0.300. The van der Waals surface area contributed by atoms with Gasteiger partial charge in [-0.25, -0.2) is 17.2 Å². The molecule has 0 bridgehead atoms. The first-order valence-corrected chi connectivity index (χ1v) is 6.10. The molecule has 0 amide bonds. The summed E-state index contributed by atoms with van der Waals surface area (Å²) in [5.74, 6) is -1.73. The van der Waals surface area contributed by atoms with Gasteiger partial charge in [-0.05, 0) is 13.0 Å². The molecule has 6 heteroatoms. The van der Waals surface area contributed by atoms with Crippen molar-refractivity contribution in [2.45, 2.75) is 18.2 Å². The molecule has 0 atom stereocenters. The quantitative estimate of drug-likeness (QED) is 0.765. The van der Waals surface area contributed by atoms with Gasteiger partial charge in [0.15, 0.2) is 15.6 Å². The number of hydrogen-bond donors (Lipinski definition) is 0. The average molecular weight is 248 g/mol. The Labute approximate surface area is 92.0 Å². The predicted octanol–water partition coefficient (Wildman–Crippen LogP) is 1.93. The van der Waals surface area contributed by atoms with Crippen molar-refractivity contribution in [3.05, 3.63) is 29.8 Å². The van der Waals surface area contributed by atoms with E-state index < -0.39 is 27.8 Å². The Balaban J connectivity index is 3.28. The second-order valence-electron chi connectivity index (χ2n) is 3.22. The number of sulfone groups is 1. The Morgan fingerprint density at radius 1 is 1.31 bits per heavy atom. The number of alkyl halides is 2. The van der Waals surface area contributed by atoms with E-state index >= 15 is 0 Å². The maximum atomic E-state index is 12.1. The van der Waals surface area contributed by atoms with Crippen LogP contribution in [0.15, 0.2) is 29.2 Å². The first kappa shape index (κ1) is 12.8. The number of benzene rings is 1. The number of rotatable bonds is 4. The summed E-state index contributed by atoms with van der Waals surface area (Å²) in [5, 5.41) is 0. The van der Waals surface area contributed by atoms with E-state index in [2.05, 4.69) is 0 Å². The molecule has 0 unspecified atom stereocenters. The molecule has 88 valence electrons. The Hall–Kier alpha value is -1.30. The van der Waals surface area contributed by atoms with E-state index in [1.807, 2.05) is 0 Å². The second kappa shape index (κ2) is 4.69. The highest BCUT2D eigenvalue weighted by Gasteiger charge is 2.24. The van der Waals surface area contributed by atoms with Crippen LogP contribution < -0.4 is 0 Å². The van der Waals surface area contributed by atoms with Crippen LogP contribution in [0.5, 0.6) is 0 Å². The normalized spacial score (nSPS) is 11.8. The molecular weight excluding hydrogens is 238 g/mol. The number of Topliss-reactive ketones (excluding diaryl/α,β-unsaturated/α-hetero) is 1. The molecule has 3 nitrogen and oxygen atoms in total. The van der Waals surface area contributed by atoms with Gasteiger partial charge in [-0.3, -0.25) is 4.79 Å². The van der Waals surface area contributed by atoms with E-state index in [-0.39, 0.29) is 10.5 Å². The smallest absolute Gasteiger partial charge is 0.252 e. The lowest BCUT2D eigenvalue weighted by Crippen LogP contribution is -2.16. The highest BCUT2D eigenvalue weighted by molar-refractivity contribution is 7.91. The molecule has 0 heterocycles. The topological polar surface area (TPSA) is 51.2 Å². The Morgan fingerprint density at radius 3 is 2.38 bits per heavy atom. The number of ketones is 1. The average Bonchev–Trinajstić information content (AvgIpc) is 2.15. The minimum absolute atomic E-state index is 0.0526. The van der Waals surface area contributed by atoms with Gasteiger partial charge in [-0.15, -0.1) is 0 Å². The molecule has 1 rings (SSSR count). The fourth-order valence-corrected chi connectivity index (χ4v) is 2.63. The Morgan fingerprint density at radius 2 is 1.88 bits per heavy atom. The van der Waals surface area contributed by atoms with Crippen LogP contribution in [0.4, 0.5) is 8.78 Å². The number of carbonyl (C=O) groups excluding carboxylic acids is 1. The lowest BCUT2D eigenvalue weighted by Gasteiger charge is -2.07. The molecule has 0 N–H and O–H groups in total. The molecule has 0 radical (unpaired) electrons. The van der Waals surface area contributed by atoms with E-state index in [0.29, 0.717) is 0 Å². The monoisotopic (exact) mass is 248 g/mol. The van der Waals surface area contributed by atoms with Crippen molar-refractivity contribution in [3.8, 4) is 0 Å². The van der Waals surface area contributed by atoms with Gasteiger partial charge < -0.3 is 0 Å². The standard InChI is InChI=1S/C10H10F2O3S/c1-7(13)8-4-2-3-5-9(8)16(14,15)6-10(11)12/h2-5,10H,6H2,1H3. The van der Waals surface area contributed by atoms with Crippen LogP contribution in [0.3, 0.4) is 0 Å². The van der Waals surface area contributed by atoms with Gasteiger partial charge in [0.25, 0.3) is 6.43 Å². The van der Waals surface area contributed by atoms with Gasteiger partial charge >= 0.3 is 0 Å². The first-order valence-electron chi connectivity index (χ1n) is 4.45. The van der Waals surface area contributed by atoms with Crippen LogP contribution in [0.1, 0.15) is 17.3 Å². The van der Waals surface area contributed by atoms with E-state index in [9.17, 15) is 22.0 Å². The molecule has 0 fully saturated rings. The van der Waals surface area contributed by atoms with Crippen molar-refractivity contribution >= 4 is 15.6 Å². The summed E-state index contributed by atoms with van der Waals surface area (Å²) in [6.07, 6.45) is -2.95. The molecule has 0 aliphatic heterocycles. The molecule has 1 aromatic rings. The third-order valence-corrected chi connectivity index (χ3v) is 3.66. The highest BCUT2D eigenvalue weighted by Crippen LogP contribution is 2.19. The van der Waals surface area contributed by atoms with Gasteiger partial charge in [0, 0.05) is 5.56 Å². The van der Waals surface area contributed by atoms with Gasteiger partial charge in [-0.1, -0.05) is 18.2 Å². The van der Waals surface area contributed by atoms with Crippen LogP contribution >= 0.6 is 0 Å². The summed E-state index contributed by atoms with van der Waals surface area (Å²) in [7, 11) is -4.11. The third kappa shape index (κ3) is 2.85. The molecule has 0 aliphatic rings. The van der Waals surface area contributed by atoms with Crippen LogP contribution in [-0.4, -0.2) is 26.4 Å². The molecule has 16 heavy (non-hydrogen) atoms. The molecule has 0 spiro atoms. The summed E-state index contributed by atoms with van der Waals surface area (Å²) < 4.78 is 47.2. The summed E-state index contributed by atoms with van der Waals surface area (Å²) in [5.41, 5.74) is -0.0526. The Kier molecular flexibility index (Phi) is 3.74. The Bertz CT molecular complexity index is 495. The van der Waals surface area contributed by atoms with Crippen molar-refractivity contribution in [1.29, 1.82) is 0 Å².